The molecule has 2 aromatic rings. The topological polar surface area (TPSA) is 63.8 Å². The van der Waals surface area contributed by atoms with Crippen molar-refractivity contribution in [3.8, 4) is 5.95 Å². The minimum absolute atomic E-state index is 0.402. The molecule has 0 aliphatic rings. The van der Waals surface area contributed by atoms with Gasteiger partial charge in [-0.2, -0.15) is 0 Å². The Hall–Kier alpha value is -2.08. The van der Waals surface area contributed by atoms with Crippen LogP contribution in [-0.2, 0) is 0 Å². The van der Waals surface area contributed by atoms with Gasteiger partial charge in [-0.25, -0.2) is 19.3 Å². The lowest BCUT2D eigenvalue weighted by Gasteiger charge is -1.96. The maximum Gasteiger partial charge on any atom is 0.234 e. The van der Waals surface area contributed by atoms with E-state index in [1.54, 1.807) is 29.2 Å². The minimum atomic E-state index is -0.640. The van der Waals surface area contributed by atoms with Gasteiger partial charge >= 0.3 is 0 Å². The van der Waals surface area contributed by atoms with Crippen LogP contribution in [0.25, 0.3) is 12.0 Å². The lowest BCUT2D eigenvalue weighted by Crippen LogP contribution is -1.96. The maximum absolute atomic E-state index is 12.8. The molecule has 82 valence electrons. The summed E-state index contributed by atoms with van der Waals surface area (Å²) in [5, 5.41) is 8.52. The molecule has 0 aliphatic heterocycles. The summed E-state index contributed by atoms with van der Waals surface area (Å²) in [5.41, 5.74) is 0.402. The van der Waals surface area contributed by atoms with Gasteiger partial charge in [-0.05, 0) is 12.1 Å². The number of hydrogen-bond donors (Lipinski definition) is 1. The third kappa shape index (κ3) is 2.29. The molecule has 2 aromatic heterocycles. The fourth-order valence-corrected chi connectivity index (χ4v) is 1.15. The van der Waals surface area contributed by atoms with Crippen LogP contribution in [0.5, 0.6) is 0 Å². The summed E-state index contributed by atoms with van der Waals surface area (Å²) in [6.07, 6.45) is 7.41. The Bertz CT molecular complexity index is 495. The Kier molecular flexibility index (Phi) is 3.02. The Labute approximate surface area is 90.9 Å². The first-order valence-corrected chi connectivity index (χ1v) is 4.58. The highest BCUT2D eigenvalue weighted by Crippen LogP contribution is 2.07. The molecular formula is C10H9FN4O. The van der Waals surface area contributed by atoms with Gasteiger partial charge in [0.25, 0.3) is 0 Å². The smallest absolute Gasteiger partial charge is 0.234 e. The first kappa shape index (κ1) is 10.4. The van der Waals surface area contributed by atoms with Crippen molar-refractivity contribution < 1.29 is 9.50 Å². The number of aliphatic hydroxyl groups is 1. The number of aliphatic hydroxyl groups excluding tert-OH is 1. The van der Waals surface area contributed by atoms with Crippen molar-refractivity contribution in [2.45, 2.75) is 0 Å². The van der Waals surface area contributed by atoms with Crippen molar-refractivity contribution in [2.24, 2.45) is 0 Å². The summed E-state index contributed by atoms with van der Waals surface area (Å²) in [5.74, 6) is -0.182. The molecule has 2 heterocycles. The molecular weight excluding hydrogens is 211 g/mol. The molecule has 0 bridgehead atoms. The van der Waals surface area contributed by atoms with E-state index in [1.807, 2.05) is 0 Å². The average Bonchev–Trinajstić information content (AvgIpc) is 2.78. The van der Waals surface area contributed by atoms with Gasteiger partial charge < -0.3 is 5.11 Å². The molecule has 0 atom stereocenters. The van der Waals surface area contributed by atoms with Gasteiger partial charge in [-0.15, -0.1) is 0 Å². The van der Waals surface area contributed by atoms with Crippen molar-refractivity contribution in [3.63, 3.8) is 0 Å². The van der Waals surface area contributed by atoms with Crippen LogP contribution >= 0.6 is 0 Å². The second kappa shape index (κ2) is 4.63. The molecule has 2 rings (SSSR count). The fourth-order valence-electron chi connectivity index (χ4n) is 1.15. The van der Waals surface area contributed by atoms with Crippen molar-refractivity contribution in [2.75, 3.05) is 6.61 Å². The van der Waals surface area contributed by atoms with E-state index in [9.17, 15) is 4.39 Å². The molecule has 16 heavy (non-hydrogen) atoms. The van der Waals surface area contributed by atoms with Crippen LogP contribution in [0.3, 0.4) is 0 Å². The first-order chi connectivity index (χ1) is 7.79. The number of imidazole rings is 1. The molecule has 0 aliphatic carbocycles. The lowest BCUT2D eigenvalue weighted by atomic mass is 10.4. The number of nitrogens with zero attached hydrogens (tertiary/aromatic N) is 4. The Morgan fingerprint density at radius 2 is 2.12 bits per heavy atom. The number of halogens is 1. The van der Waals surface area contributed by atoms with E-state index in [-0.39, 0.29) is 0 Å². The lowest BCUT2D eigenvalue weighted by molar-refractivity contribution is 0.300. The van der Waals surface area contributed by atoms with Gasteiger partial charge in [0.05, 0.1) is 12.3 Å². The summed E-state index contributed by atoms with van der Waals surface area (Å²) >= 11 is 0. The minimum Gasteiger partial charge on any atom is -0.389 e. The standard InChI is InChI=1S/C10H9FN4O/c11-8(6-16)4-9-5-15(7-14-9)10-12-2-1-3-13-10/h1-5,7,16H,6H2. The van der Waals surface area contributed by atoms with E-state index < -0.39 is 12.4 Å². The number of aromatic nitrogens is 4. The summed E-state index contributed by atoms with van der Waals surface area (Å²) in [6, 6.07) is 1.70. The van der Waals surface area contributed by atoms with Crippen LogP contribution in [0.4, 0.5) is 4.39 Å². The summed E-state index contributed by atoms with van der Waals surface area (Å²) in [4.78, 5) is 12.0. The van der Waals surface area contributed by atoms with E-state index in [1.165, 1.54) is 6.33 Å². The zero-order valence-electron chi connectivity index (χ0n) is 8.29. The molecule has 0 aromatic carbocycles. The van der Waals surface area contributed by atoms with E-state index in [4.69, 9.17) is 5.11 Å². The third-order valence-corrected chi connectivity index (χ3v) is 1.84. The molecule has 0 unspecified atom stereocenters. The molecule has 0 radical (unpaired) electrons. The summed E-state index contributed by atoms with van der Waals surface area (Å²) in [6.45, 7) is -0.630. The Morgan fingerprint density at radius 3 is 2.81 bits per heavy atom. The highest BCUT2D eigenvalue weighted by atomic mass is 19.1. The van der Waals surface area contributed by atoms with Gasteiger partial charge in [-0.3, -0.25) is 4.57 Å². The van der Waals surface area contributed by atoms with E-state index in [0.29, 0.717) is 11.6 Å². The Balaban J connectivity index is 2.27. The Morgan fingerprint density at radius 1 is 1.38 bits per heavy atom. The largest absolute Gasteiger partial charge is 0.389 e. The van der Waals surface area contributed by atoms with Crippen LogP contribution < -0.4 is 0 Å². The van der Waals surface area contributed by atoms with Crippen LogP contribution in [0.15, 0.2) is 36.8 Å². The predicted octanol–water partition coefficient (Wildman–Crippen LogP) is 0.965. The molecule has 0 spiro atoms. The van der Waals surface area contributed by atoms with Gasteiger partial charge in [0.2, 0.25) is 5.95 Å². The van der Waals surface area contributed by atoms with Crippen molar-refractivity contribution >= 4 is 6.08 Å². The van der Waals surface area contributed by atoms with Crippen LogP contribution in [0, 0.1) is 0 Å². The quantitative estimate of drug-likeness (QED) is 0.836. The highest BCUT2D eigenvalue weighted by Gasteiger charge is 2.01. The van der Waals surface area contributed by atoms with E-state index in [0.717, 1.165) is 6.08 Å². The zero-order valence-corrected chi connectivity index (χ0v) is 8.29. The highest BCUT2D eigenvalue weighted by molar-refractivity contribution is 5.46. The molecule has 0 saturated heterocycles. The predicted molar refractivity (Wildman–Crippen MR) is 55.3 cm³/mol. The molecule has 0 saturated carbocycles. The zero-order chi connectivity index (χ0) is 11.4. The van der Waals surface area contributed by atoms with Gasteiger partial charge in [-0.1, -0.05) is 0 Å². The first-order valence-electron chi connectivity index (χ1n) is 4.58. The maximum atomic E-state index is 12.8. The number of rotatable bonds is 3. The number of hydrogen-bond acceptors (Lipinski definition) is 4. The van der Waals surface area contributed by atoms with Gasteiger partial charge in [0.1, 0.15) is 12.2 Å². The third-order valence-electron chi connectivity index (χ3n) is 1.84. The SMILES string of the molecule is OCC(F)=Cc1cn(-c2ncccn2)cn1. The van der Waals surface area contributed by atoms with E-state index in [2.05, 4.69) is 15.0 Å². The van der Waals surface area contributed by atoms with Crippen molar-refractivity contribution in [1.29, 1.82) is 0 Å². The molecule has 1 N–H and O–H groups in total. The van der Waals surface area contributed by atoms with Crippen molar-refractivity contribution in [3.05, 3.63) is 42.5 Å². The van der Waals surface area contributed by atoms with Crippen molar-refractivity contribution in [1.82, 2.24) is 19.5 Å². The summed E-state index contributed by atoms with van der Waals surface area (Å²) < 4.78 is 14.3. The molecule has 0 fully saturated rings. The monoisotopic (exact) mass is 220 g/mol. The fraction of sp³-hybridized carbons (Fsp3) is 0.100. The summed E-state index contributed by atoms with van der Waals surface area (Å²) in [7, 11) is 0. The van der Waals surface area contributed by atoms with E-state index >= 15 is 0 Å². The average molecular weight is 220 g/mol. The van der Waals surface area contributed by atoms with Gasteiger partial charge in [0, 0.05) is 18.6 Å². The molecule has 6 heteroatoms. The molecule has 0 amide bonds. The van der Waals surface area contributed by atoms with Crippen LogP contribution in [0.1, 0.15) is 5.69 Å². The van der Waals surface area contributed by atoms with Gasteiger partial charge in [0.15, 0.2) is 0 Å². The normalized spacial score (nSPS) is 11.8. The second-order valence-electron chi connectivity index (χ2n) is 3.00. The van der Waals surface area contributed by atoms with Crippen LogP contribution in [0.2, 0.25) is 0 Å². The van der Waals surface area contributed by atoms with Crippen LogP contribution in [-0.4, -0.2) is 31.2 Å². The molecule has 5 nitrogen and oxygen atoms in total. The second-order valence-corrected chi connectivity index (χ2v) is 3.00.